The molecule has 1 amide bonds. The predicted octanol–water partition coefficient (Wildman–Crippen LogP) is 4.90. The number of para-hydroxylation sites is 1. The number of hydrogen-bond donors (Lipinski definition) is 0. The van der Waals surface area contributed by atoms with E-state index in [1.807, 2.05) is 54.6 Å². The van der Waals surface area contributed by atoms with Crippen molar-refractivity contribution in [3.8, 4) is 0 Å². The maximum atomic E-state index is 13.8. The first-order chi connectivity index (χ1) is 15.5. The first-order valence-electron chi connectivity index (χ1n) is 10.3. The number of carbonyl (C=O) groups is 1. The Morgan fingerprint density at radius 2 is 1.56 bits per heavy atom. The van der Waals surface area contributed by atoms with Gasteiger partial charge in [0.15, 0.2) is 0 Å². The van der Waals surface area contributed by atoms with Gasteiger partial charge in [-0.05, 0) is 42.3 Å². The van der Waals surface area contributed by atoms with Crippen molar-refractivity contribution < 1.29 is 17.9 Å². The van der Waals surface area contributed by atoms with Crippen molar-refractivity contribution in [2.75, 3.05) is 11.4 Å². The Morgan fingerprint density at radius 3 is 2.25 bits per heavy atom. The smallest absolute Gasteiger partial charge is 0.412 e. The number of thioether (sulfide) groups is 1. The van der Waals surface area contributed by atoms with Gasteiger partial charge in [-0.15, -0.1) is 11.8 Å². The van der Waals surface area contributed by atoms with Gasteiger partial charge in [0.25, 0.3) is 10.0 Å². The normalized spacial score (nSPS) is 21.8. The molecule has 0 aliphatic carbocycles. The predicted molar refractivity (Wildman–Crippen MR) is 124 cm³/mol. The van der Waals surface area contributed by atoms with Crippen molar-refractivity contribution in [1.82, 2.24) is 4.90 Å². The summed E-state index contributed by atoms with van der Waals surface area (Å²) in [7, 11) is -2.57. The molecule has 1 saturated heterocycles. The molecule has 2 aliphatic rings. The SMILES string of the molecule is COC(=O)N1[C@@H](Sc2ccccc2)C[C@@H]2c3ccccc3N(S(=O)(=O)c3ccccc3)[C@@H]21. The van der Waals surface area contributed by atoms with Crippen LogP contribution in [0, 0.1) is 0 Å². The van der Waals surface area contributed by atoms with Crippen LogP contribution in [0.2, 0.25) is 0 Å². The van der Waals surface area contributed by atoms with E-state index in [0.29, 0.717) is 12.1 Å². The zero-order chi connectivity index (χ0) is 22.3. The van der Waals surface area contributed by atoms with E-state index in [-0.39, 0.29) is 16.2 Å². The van der Waals surface area contributed by atoms with Gasteiger partial charge in [0, 0.05) is 10.8 Å². The highest BCUT2D eigenvalue weighted by molar-refractivity contribution is 8.00. The molecule has 0 saturated carbocycles. The highest BCUT2D eigenvalue weighted by Crippen LogP contribution is 2.54. The van der Waals surface area contributed by atoms with Crippen molar-refractivity contribution >= 4 is 33.6 Å². The minimum atomic E-state index is -3.90. The largest absolute Gasteiger partial charge is 0.453 e. The van der Waals surface area contributed by atoms with E-state index in [1.165, 1.54) is 11.4 Å². The summed E-state index contributed by atoms with van der Waals surface area (Å²) in [6.07, 6.45) is -0.602. The maximum absolute atomic E-state index is 13.8. The van der Waals surface area contributed by atoms with Crippen LogP contribution in [0.15, 0.2) is 94.7 Å². The van der Waals surface area contributed by atoms with Gasteiger partial charge in [-0.25, -0.2) is 17.5 Å². The molecule has 0 unspecified atom stereocenters. The van der Waals surface area contributed by atoms with Gasteiger partial charge in [-0.3, -0.25) is 4.90 Å². The molecule has 2 aliphatic heterocycles. The van der Waals surface area contributed by atoms with Gasteiger partial charge < -0.3 is 4.74 Å². The topological polar surface area (TPSA) is 66.9 Å². The fourth-order valence-electron chi connectivity index (χ4n) is 4.59. The van der Waals surface area contributed by atoms with Crippen LogP contribution in [0.3, 0.4) is 0 Å². The van der Waals surface area contributed by atoms with Crippen molar-refractivity contribution in [2.45, 2.75) is 33.7 Å². The highest BCUT2D eigenvalue weighted by Gasteiger charge is 2.56. The Kier molecular flexibility index (Phi) is 5.35. The van der Waals surface area contributed by atoms with Crippen molar-refractivity contribution in [3.05, 3.63) is 90.5 Å². The maximum Gasteiger partial charge on any atom is 0.412 e. The fraction of sp³-hybridized carbons (Fsp3) is 0.208. The van der Waals surface area contributed by atoms with E-state index in [1.54, 1.807) is 47.0 Å². The molecule has 0 N–H and O–H groups in total. The summed E-state index contributed by atoms with van der Waals surface area (Å²) in [5.41, 5.74) is 1.55. The number of nitrogens with zero attached hydrogens (tertiary/aromatic N) is 2. The lowest BCUT2D eigenvalue weighted by molar-refractivity contribution is 0.116. The van der Waals surface area contributed by atoms with Gasteiger partial charge in [-0.2, -0.15) is 0 Å². The fourth-order valence-corrected chi connectivity index (χ4v) is 7.54. The van der Waals surface area contributed by atoms with Gasteiger partial charge in [0.05, 0.1) is 23.1 Å². The van der Waals surface area contributed by atoms with Gasteiger partial charge in [0.1, 0.15) is 6.17 Å². The number of carbonyl (C=O) groups excluding carboxylic acids is 1. The molecule has 3 aromatic rings. The number of ether oxygens (including phenoxy) is 1. The second kappa shape index (κ2) is 8.18. The van der Waals surface area contributed by atoms with Gasteiger partial charge in [-0.1, -0.05) is 54.6 Å². The Hall–Kier alpha value is -2.97. The molecule has 0 bridgehead atoms. The van der Waals surface area contributed by atoms with Crippen LogP contribution < -0.4 is 4.31 Å². The lowest BCUT2D eigenvalue weighted by Crippen LogP contribution is -2.51. The lowest BCUT2D eigenvalue weighted by Gasteiger charge is -2.34. The number of methoxy groups -OCH3 is 1. The number of likely N-dealkylation sites (tertiary alicyclic amines) is 1. The van der Waals surface area contributed by atoms with Crippen LogP contribution in [-0.2, 0) is 14.8 Å². The Bertz CT molecular complexity index is 1240. The van der Waals surface area contributed by atoms with Crippen LogP contribution in [0.1, 0.15) is 17.9 Å². The second-order valence-electron chi connectivity index (χ2n) is 7.69. The summed E-state index contributed by atoms with van der Waals surface area (Å²) < 4.78 is 34.1. The molecule has 0 aromatic heterocycles. The van der Waals surface area contributed by atoms with E-state index in [0.717, 1.165) is 10.5 Å². The standard InChI is InChI=1S/C24H22N2O4S2/c1-30-24(27)25-22(31-17-10-4-2-5-11-17)16-20-19-14-8-9-15-21(19)26(23(20)25)32(28,29)18-12-6-3-7-13-18/h2-15,20,22-23H,16H2,1H3/t20-,22+,23+/m1/s1. The molecule has 3 atom stereocenters. The third kappa shape index (κ3) is 3.34. The van der Waals surface area contributed by atoms with Crippen molar-refractivity contribution in [2.24, 2.45) is 0 Å². The summed E-state index contributed by atoms with van der Waals surface area (Å²) >= 11 is 1.55. The van der Waals surface area contributed by atoms with E-state index in [4.69, 9.17) is 4.74 Å². The average molecular weight is 467 g/mol. The Balaban J connectivity index is 1.62. The van der Waals surface area contributed by atoms with Crippen LogP contribution >= 0.6 is 11.8 Å². The minimum Gasteiger partial charge on any atom is -0.453 e. The van der Waals surface area contributed by atoms with E-state index in [2.05, 4.69) is 0 Å². The lowest BCUT2D eigenvalue weighted by atomic mass is 9.99. The van der Waals surface area contributed by atoms with E-state index in [9.17, 15) is 13.2 Å². The van der Waals surface area contributed by atoms with E-state index >= 15 is 0 Å². The molecule has 6 nitrogen and oxygen atoms in total. The quantitative estimate of drug-likeness (QED) is 0.547. The molecule has 32 heavy (non-hydrogen) atoms. The molecule has 8 heteroatoms. The first-order valence-corrected chi connectivity index (χ1v) is 12.6. The molecule has 0 spiro atoms. The molecule has 2 heterocycles. The molecular weight excluding hydrogens is 444 g/mol. The van der Waals surface area contributed by atoms with Crippen molar-refractivity contribution in [1.29, 1.82) is 0 Å². The Morgan fingerprint density at radius 1 is 0.938 bits per heavy atom. The minimum absolute atomic E-state index is 0.148. The number of sulfonamides is 1. The van der Waals surface area contributed by atoms with E-state index < -0.39 is 22.3 Å². The molecule has 0 radical (unpaired) electrons. The monoisotopic (exact) mass is 466 g/mol. The van der Waals surface area contributed by atoms with Crippen molar-refractivity contribution in [3.63, 3.8) is 0 Å². The van der Waals surface area contributed by atoms with Crippen LogP contribution in [0.25, 0.3) is 0 Å². The molecular formula is C24H22N2O4S2. The van der Waals surface area contributed by atoms with Gasteiger partial charge in [0.2, 0.25) is 0 Å². The number of benzene rings is 3. The molecule has 3 aromatic carbocycles. The average Bonchev–Trinajstić information content (AvgIpc) is 3.34. The molecule has 164 valence electrons. The van der Waals surface area contributed by atoms with Crippen LogP contribution in [-0.4, -0.2) is 38.1 Å². The summed E-state index contributed by atoms with van der Waals surface area (Å²) in [5.74, 6) is -0.148. The second-order valence-corrected chi connectivity index (χ2v) is 10.8. The summed E-state index contributed by atoms with van der Waals surface area (Å²) in [6, 6.07) is 25.7. The summed E-state index contributed by atoms with van der Waals surface area (Å²) in [5, 5.41) is -0.262. The number of fused-ring (bicyclic) bond motifs is 3. The Labute approximate surface area is 191 Å². The zero-order valence-corrected chi connectivity index (χ0v) is 19.0. The summed E-state index contributed by atoms with van der Waals surface area (Å²) in [4.78, 5) is 15.8. The zero-order valence-electron chi connectivity index (χ0n) is 17.4. The molecule has 5 rings (SSSR count). The first kappa shape index (κ1) is 20.9. The third-order valence-electron chi connectivity index (χ3n) is 5.93. The van der Waals surface area contributed by atoms with Crippen LogP contribution in [0.5, 0.6) is 0 Å². The molecule has 1 fully saturated rings. The number of hydrogen-bond acceptors (Lipinski definition) is 5. The summed E-state index contributed by atoms with van der Waals surface area (Å²) in [6.45, 7) is 0. The van der Waals surface area contributed by atoms with Crippen LogP contribution in [0.4, 0.5) is 10.5 Å². The third-order valence-corrected chi connectivity index (χ3v) is 8.96. The number of amides is 1. The number of anilines is 1. The highest BCUT2D eigenvalue weighted by atomic mass is 32.2. The number of rotatable bonds is 4. The van der Waals surface area contributed by atoms with Gasteiger partial charge >= 0.3 is 6.09 Å².